The van der Waals surface area contributed by atoms with Gasteiger partial charge in [0.25, 0.3) is 5.91 Å². The molecule has 1 aromatic carbocycles. The molecule has 0 spiro atoms. The van der Waals surface area contributed by atoms with Gasteiger partial charge in [0.2, 0.25) is 5.91 Å². The molecule has 7 nitrogen and oxygen atoms in total. The molecule has 0 saturated heterocycles. The predicted octanol–water partition coefficient (Wildman–Crippen LogP) is 1.65. The van der Waals surface area contributed by atoms with Crippen LogP contribution in [0.1, 0.15) is 28.8 Å². The number of carbonyl (C=O) groups excluding carboxylic acids is 2. The number of fused-ring (bicyclic) bond motifs is 1. The van der Waals surface area contributed by atoms with Gasteiger partial charge in [-0.2, -0.15) is 0 Å². The maximum absolute atomic E-state index is 12.9. The van der Waals surface area contributed by atoms with Gasteiger partial charge in [0.1, 0.15) is 5.82 Å². The van der Waals surface area contributed by atoms with Crippen molar-refractivity contribution in [1.82, 2.24) is 19.9 Å². The molecule has 0 bridgehead atoms. The number of benzene rings is 1. The van der Waals surface area contributed by atoms with Crippen molar-refractivity contribution in [3.8, 4) is 0 Å². The Labute approximate surface area is 138 Å². The minimum absolute atomic E-state index is 0.150. The Morgan fingerprint density at radius 1 is 1.25 bits per heavy atom. The number of aryl methyl sites for hydroxylation is 1. The number of hydrogen-bond donors (Lipinski definition) is 2. The van der Waals surface area contributed by atoms with Crippen LogP contribution in [0.2, 0.25) is 0 Å². The number of anilines is 1. The normalized spacial score (nSPS) is 10.8. The molecule has 3 N–H and O–H groups in total. The Kier molecular flexibility index (Phi) is 3.99. The van der Waals surface area contributed by atoms with Gasteiger partial charge in [-0.3, -0.25) is 19.1 Å². The summed E-state index contributed by atoms with van der Waals surface area (Å²) in [6.45, 7) is 3.48. The van der Waals surface area contributed by atoms with Crippen molar-refractivity contribution in [3.05, 3.63) is 53.6 Å². The first-order valence-corrected chi connectivity index (χ1v) is 7.44. The summed E-state index contributed by atoms with van der Waals surface area (Å²) < 4.78 is 1.55. The maximum atomic E-state index is 12.9. The summed E-state index contributed by atoms with van der Waals surface area (Å²) in [6, 6.07) is 8.56. The maximum Gasteiger partial charge on any atom is 0.263 e. The number of nitrogen functional groups attached to an aromatic ring is 1. The molecule has 2 aromatic heterocycles. The van der Waals surface area contributed by atoms with Crippen LogP contribution in [-0.2, 0) is 11.3 Å². The zero-order valence-corrected chi connectivity index (χ0v) is 13.4. The average molecular weight is 323 g/mol. The molecule has 3 rings (SSSR count). The molecule has 122 valence electrons. The van der Waals surface area contributed by atoms with Crippen molar-refractivity contribution in [3.63, 3.8) is 0 Å². The largest absolute Gasteiger partial charge is 0.399 e. The minimum atomic E-state index is -0.203. The summed E-state index contributed by atoms with van der Waals surface area (Å²) in [7, 11) is 0. The third kappa shape index (κ3) is 2.96. The van der Waals surface area contributed by atoms with Crippen molar-refractivity contribution >= 4 is 28.5 Å². The zero-order valence-electron chi connectivity index (χ0n) is 13.4. The Bertz CT molecular complexity index is 945. The summed E-state index contributed by atoms with van der Waals surface area (Å²) in [5, 5.41) is 2.66. The topological polar surface area (TPSA) is 103 Å². The number of hydrogen-bond acceptors (Lipinski definition) is 5. The Hall–Kier alpha value is -3.22. The fourth-order valence-corrected chi connectivity index (χ4v) is 2.53. The lowest BCUT2D eigenvalue weighted by molar-refractivity contribution is -0.119. The summed E-state index contributed by atoms with van der Waals surface area (Å²) >= 11 is 0. The molecular weight excluding hydrogens is 306 g/mol. The van der Waals surface area contributed by atoms with Gasteiger partial charge in [-0.05, 0) is 37.3 Å². The highest BCUT2D eigenvalue weighted by Gasteiger charge is 2.16. The molecule has 1 amide bonds. The standard InChI is InChI=1S/C17H17N5O2/c1-10-21-15-8-13(18)3-4-16(15)22(10)17(24)12-5-6-19-14(7-12)9-20-11(2)23/h3-8H,9,18H2,1-2H3,(H,20,23). The molecular formula is C17H17N5O2. The Morgan fingerprint density at radius 3 is 2.79 bits per heavy atom. The van der Waals surface area contributed by atoms with Crippen LogP contribution in [0.3, 0.4) is 0 Å². The van der Waals surface area contributed by atoms with Gasteiger partial charge < -0.3 is 11.1 Å². The number of nitrogens with zero attached hydrogens (tertiary/aromatic N) is 3. The minimum Gasteiger partial charge on any atom is -0.399 e. The summed E-state index contributed by atoms with van der Waals surface area (Å²) in [4.78, 5) is 32.5. The van der Waals surface area contributed by atoms with Crippen LogP contribution in [0, 0.1) is 6.92 Å². The number of nitrogens with two attached hydrogens (primary N) is 1. The Balaban J connectivity index is 1.99. The number of amides is 1. The molecule has 0 aliphatic heterocycles. The smallest absolute Gasteiger partial charge is 0.263 e. The second-order valence-electron chi connectivity index (χ2n) is 5.49. The Morgan fingerprint density at radius 2 is 2.04 bits per heavy atom. The van der Waals surface area contributed by atoms with E-state index in [0.29, 0.717) is 33.8 Å². The highest BCUT2D eigenvalue weighted by atomic mass is 16.2. The van der Waals surface area contributed by atoms with Gasteiger partial charge in [0.05, 0.1) is 23.3 Å². The molecule has 2 heterocycles. The van der Waals surface area contributed by atoms with Gasteiger partial charge in [-0.15, -0.1) is 0 Å². The first kappa shape index (κ1) is 15.7. The SMILES string of the molecule is CC(=O)NCc1cc(C(=O)n2c(C)nc3cc(N)ccc32)ccn1. The third-order valence-electron chi connectivity index (χ3n) is 3.63. The zero-order chi connectivity index (χ0) is 17.3. The monoisotopic (exact) mass is 323 g/mol. The molecule has 0 saturated carbocycles. The molecule has 0 atom stereocenters. The van der Waals surface area contributed by atoms with Gasteiger partial charge in [0.15, 0.2) is 0 Å². The quantitative estimate of drug-likeness (QED) is 0.713. The molecule has 3 aromatic rings. The number of imidazole rings is 1. The van der Waals surface area contributed by atoms with Gasteiger partial charge in [0, 0.05) is 24.4 Å². The van der Waals surface area contributed by atoms with Crippen molar-refractivity contribution in [2.75, 3.05) is 5.73 Å². The number of rotatable bonds is 3. The van der Waals surface area contributed by atoms with E-state index in [9.17, 15) is 9.59 Å². The molecule has 0 radical (unpaired) electrons. The van der Waals surface area contributed by atoms with Crippen LogP contribution in [0.15, 0.2) is 36.5 Å². The van der Waals surface area contributed by atoms with E-state index in [1.165, 1.54) is 6.92 Å². The van der Waals surface area contributed by atoms with Crippen LogP contribution < -0.4 is 11.1 Å². The fourth-order valence-electron chi connectivity index (χ4n) is 2.53. The summed E-state index contributed by atoms with van der Waals surface area (Å²) in [6.07, 6.45) is 1.55. The molecule has 24 heavy (non-hydrogen) atoms. The van der Waals surface area contributed by atoms with Crippen molar-refractivity contribution in [2.45, 2.75) is 20.4 Å². The first-order chi connectivity index (χ1) is 11.5. The number of aromatic nitrogens is 3. The van der Waals surface area contributed by atoms with Crippen LogP contribution in [0.25, 0.3) is 11.0 Å². The van der Waals surface area contributed by atoms with E-state index < -0.39 is 0 Å². The number of nitrogens with one attached hydrogen (secondary N) is 1. The molecule has 0 aliphatic carbocycles. The second kappa shape index (κ2) is 6.11. The lowest BCUT2D eigenvalue weighted by Gasteiger charge is -2.07. The predicted molar refractivity (Wildman–Crippen MR) is 90.4 cm³/mol. The van der Waals surface area contributed by atoms with Crippen molar-refractivity contribution in [1.29, 1.82) is 0 Å². The van der Waals surface area contributed by atoms with Crippen molar-refractivity contribution < 1.29 is 9.59 Å². The van der Waals surface area contributed by atoms with Crippen LogP contribution in [0.4, 0.5) is 5.69 Å². The van der Waals surface area contributed by atoms with Gasteiger partial charge in [-0.25, -0.2) is 4.98 Å². The lowest BCUT2D eigenvalue weighted by Crippen LogP contribution is -2.20. The fraction of sp³-hybridized carbons (Fsp3) is 0.176. The van der Waals surface area contributed by atoms with Crippen LogP contribution in [0.5, 0.6) is 0 Å². The first-order valence-electron chi connectivity index (χ1n) is 7.44. The lowest BCUT2D eigenvalue weighted by atomic mass is 10.2. The van der Waals surface area contributed by atoms with Crippen LogP contribution in [-0.4, -0.2) is 26.3 Å². The summed E-state index contributed by atoms with van der Waals surface area (Å²) in [5.74, 6) is 0.231. The average Bonchev–Trinajstić information content (AvgIpc) is 2.87. The summed E-state index contributed by atoms with van der Waals surface area (Å²) in [5.41, 5.74) is 8.83. The van der Waals surface area contributed by atoms with Gasteiger partial charge >= 0.3 is 0 Å². The van der Waals surface area contributed by atoms with E-state index in [1.807, 2.05) is 0 Å². The highest BCUT2D eigenvalue weighted by molar-refractivity contribution is 6.02. The second-order valence-corrected chi connectivity index (χ2v) is 5.49. The van der Waals surface area contributed by atoms with E-state index in [1.54, 1.807) is 48.0 Å². The van der Waals surface area contributed by atoms with E-state index in [4.69, 9.17) is 5.73 Å². The number of pyridine rings is 1. The van der Waals surface area contributed by atoms with E-state index in [0.717, 1.165) is 0 Å². The van der Waals surface area contributed by atoms with E-state index in [-0.39, 0.29) is 18.4 Å². The molecule has 0 fully saturated rings. The van der Waals surface area contributed by atoms with Crippen molar-refractivity contribution in [2.24, 2.45) is 0 Å². The number of carbonyl (C=O) groups is 2. The van der Waals surface area contributed by atoms with E-state index in [2.05, 4.69) is 15.3 Å². The van der Waals surface area contributed by atoms with Gasteiger partial charge in [-0.1, -0.05) is 0 Å². The highest BCUT2D eigenvalue weighted by Crippen LogP contribution is 2.20. The molecule has 0 unspecified atom stereocenters. The molecule has 0 aliphatic rings. The third-order valence-corrected chi connectivity index (χ3v) is 3.63. The van der Waals surface area contributed by atoms with Crippen LogP contribution >= 0.6 is 0 Å². The van der Waals surface area contributed by atoms with E-state index >= 15 is 0 Å². The molecule has 7 heteroatoms.